The Morgan fingerprint density at radius 2 is 1.81 bits per heavy atom. The summed E-state index contributed by atoms with van der Waals surface area (Å²) in [6.07, 6.45) is 5.27. The quantitative estimate of drug-likeness (QED) is 0.727. The number of hydrogen-bond donors (Lipinski definition) is 2. The molecule has 2 fully saturated rings. The average molecular weight is 434 g/mol. The third kappa shape index (κ3) is 4.86. The average Bonchev–Trinajstić information content (AvgIpc) is 2.77. The first-order chi connectivity index (χ1) is 15.4. The number of hydrogen-bond acceptors (Lipinski definition) is 5. The lowest BCUT2D eigenvalue weighted by atomic mass is 9.74. The Morgan fingerprint density at radius 1 is 1.12 bits per heavy atom. The van der Waals surface area contributed by atoms with E-state index in [4.69, 9.17) is 0 Å². The largest absolute Gasteiger partial charge is 0.395 e. The SMILES string of the molecule is CC(C)(O)C#Cc1ccc([C@H]2[C@H]3CN(C(=O)c4ccncc4)CCCCN3[C@H]2CO)cc1. The van der Waals surface area contributed by atoms with Crippen LogP contribution in [0.1, 0.15) is 54.1 Å². The maximum Gasteiger partial charge on any atom is 0.254 e. The normalized spacial score (nSPS) is 23.8. The van der Waals surface area contributed by atoms with Crippen LogP contribution in [0.3, 0.4) is 0 Å². The summed E-state index contributed by atoms with van der Waals surface area (Å²) < 4.78 is 0. The van der Waals surface area contributed by atoms with Gasteiger partial charge in [-0.3, -0.25) is 14.7 Å². The summed E-state index contributed by atoms with van der Waals surface area (Å²) in [4.78, 5) is 21.5. The third-order valence-electron chi connectivity index (χ3n) is 6.39. The van der Waals surface area contributed by atoms with Gasteiger partial charge in [-0.1, -0.05) is 24.0 Å². The van der Waals surface area contributed by atoms with E-state index in [9.17, 15) is 15.0 Å². The second-order valence-corrected chi connectivity index (χ2v) is 9.21. The molecular weight excluding hydrogens is 402 g/mol. The van der Waals surface area contributed by atoms with Crippen LogP contribution in [0, 0.1) is 11.8 Å². The molecule has 2 aromatic rings. The molecule has 32 heavy (non-hydrogen) atoms. The predicted molar refractivity (Wildman–Crippen MR) is 123 cm³/mol. The van der Waals surface area contributed by atoms with Gasteiger partial charge in [-0.25, -0.2) is 0 Å². The zero-order chi connectivity index (χ0) is 22.7. The monoisotopic (exact) mass is 433 g/mol. The van der Waals surface area contributed by atoms with E-state index in [0.717, 1.165) is 37.1 Å². The highest BCUT2D eigenvalue weighted by Crippen LogP contribution is 2.42. The van der Waals surface area contributed by atoms with Crippen molar-refractivity contribution in [3.05, 3.63) is 65.5 Å². The standard InChI is InChI=1S/C26H31N3O3/c1-26(2,32)12-9-19-5-7-20(8-6-19)24-22-17-28(25(31)21-10-13-27-14-11-21)15-3-4-16-29(22)23(24)18-30/h5-8,10-11,13-14,22-24,30,32H,3-4,15-18H2,1-2H3/t22-,23+,24+/m1/s1. The Kier molecular flexibility index (Phi) is 6.61. The Balaban J connectivity index is 1.55. The van der Waals surface area contributed by atoms with Gasteiger partial charge in [-0.15, -0.1) is 0 Å². The number of aliphatic hydroxyl groups is 2. The van der Waals surface area contributed by atoms with E-state index in [0.29, 0.717) is 12.1 Å². The summed E-state index contributed by atoms with van der Waals surface area (Å²) in [5, 5.41) is 19.9. The number of nitrogens with zero attached hydrogens (tertiary/aromatic N) is 3. The van der Waals surface area contributed by atoms with E-state index in [1.165, 1.54) is 0 Å². The smallest absolute Gasteiger partial charge is 0.254 e. The number of amides is 1. The molecule has 2 N–H and O–H groups in total. The maximum atomic E-state index is 13.1. The third-order valence-corrected chi connectivity index (χ3v) is 6.39. The van der Waals surface area contributed by atoms with Gasteiger partial charge in [0, 0.05) is 54.6 Å². The summed E-state index contributed by atoms with van der Waals surface area (Å²) in [5.41, 5.74) is 1.63. The fourth-order valence-electron chi connectivity index (χ4n) is 4.82. The number of carbonyl (C=O) groups is 1. The molecule has 168 valence electrons. The Morgan fingerprint density at radius 3 is 2.47 bits per heavy atom. The predicted octanol–water partition coefficient (Wildman–Crippen LogP) is 2.27. The fourth-order valence-corrected chi connectivity index (χ4v) is 4.82. The summed E-state index contributed by atoms with van der Waals surface area (Å²) in [7, 11) is 0. The van der Waals surface area contributed by atoms with Crippen molar-refractivity contribution in [1.82, 2.24) is 14.8 Å². The van der Waals surface area contributed by atoms with Crippen LogP contribution in [0.2, 0.25) is 0 Å². The van der Waals surface area contributed by atoms with Crippen molar-refractivity contribution in [2.45, 2.75) is 50.3 Å². The number of aliphatic hydroxyl groups excluding tert-OH is 1. The van der Waals surface area contributed by atoms with Crippen LogP contribution in [-0.2, 0) is 0 Å². The van der Waals surface area contributed by atoms with Crippen LogP contribution < -0.4 is 0 Å². The number of pyridine rings is 1. The lowest BCUT2D eigenvalue weighted by molar-refractivity contribution is -0.0606. The van der Waals surface area contributed by atoms with Gasteiger partial charge in [0.1, 0.15) is 5.60 Å². The molecule has 4 rings (SSSR count). The topological polar surface area (TPSA) is 76.9 Å². The maximum absolute atomic E-state index is 13.1. The molecule has 0 aliphatic carbocycles. The molecule has 1 amide bonds. The Hall–Kier alpha value is -2.72. The van der Waals surface area contributed by atoms with Crippen LogP contribution in [0.25, 0.3) is 0 Å². The minimum atomic E-state index is -1.03. The zero-order valence-corrected chi connectivity index (χ0v) is 18.7. The molecule has 1 aromatic heterocycles. The van der Waals surface area contributed by atoms with Crippen molar-refractivity contribution >= 4 is 5.91 Å². The van der Waals surface area contributed by atoms with E-state index in [1.807, 2.05) is 17.0 Å². The number of carbonyl (C=O) groups excluding carboxylic acids is 1. The van der Waals surface area contributed by atoms with Crippen molar-refractivity contribution < 1.29 is 15.0 Å². The molecule has 0 bridgehead atoms. The molecular formula is C26H31N3O3. The second kappa shape index (κ2) is 9.41. The lowest BCUT2D eigenvalue weighted by Gasteiger charge is -2.57. The van der Waals surface area contributed by atoms with Crippen molar-refractivity contribution in [3.63, 3.8) is 0 Å². The molecule has 2 aliphatic heterocycles. The van der Waals surface area contributed by atoms with Gasteiger partial charge in [0.05, 0.1) is 6.61 Å². The highest BCUT2D eigenvalue weighted by Gasteiger charge is 2.49. The van der Waals surface area contributed by atoms with Crippen molar-refractivity contribution in [2.24, 2.45) is 0 Å². The van der Waals surface area contributed by atoms with Crippen LogP contribution in [-0.4, -0.2) is 74.8 Å². The van der Waals surface area contributed by atoms with Crippen LogP contribution in [0.5, 0.6) is 0 Å². The number of fused-ring (bicyclic) bond motifs is 1. The summed E-state index contributed by atoms with van der Waals surface area (Å²) in [6, 6.07) is 11.8. The first-order valence-electron chi connectivity index (χ1n) is 11.3. The summed E-state index contributed by atoms with van der Waals surface area (Å²) in [5.74, 6) is 6.04. The van der Waals surface area contributed by atoms with Crippen molar-refractivity contribution in [1.29, 1.82) is 0 Å². The Labute approximate surface area is 189 Å². The molecule has 2 aliphatic rings. The van der Waals surface area contributed by atoms with E-state index in [1.54, 1.807) is 38.4 Å². The first-order valence-corrected chi connectivity index (χ1v) is 11.3. The Bertz CT molecular complexity index is 989. The van der Waals surface area contributed by atoms with Crippen molar-refractivity contribution in [2.75, 3.05) is 26.2 Å². The highest BCUT2D eigenvalue weighted by atomic mass is 16.3. The minimum Gasteiger partial charge on any atom is -0.395 e. The van der Waals surface area contributed by atoms with Gasteiger partial charge in [0.2, 0.25) is 0 Å². The number of rotatable bonds is 3. The van der Waals surface area contributed by atoms with Crippen LogP contribution in [0.15, 0.2) is 48.8 Å². The van der Waals surface area contributed by atoms with Gasteiger partial charge in [0.15, 0.2) is 0 Å². The van der Waals surface area contributed by atoms with Crippen LogP contribution >= 0.6 is 0 Å². The molecule has 3 atom stereocenters. The van der Waals surface area contributed by atoms with Gasteiger partial charge in [0.25, 0.3) is 5.91 Å². The van der Waals surface area contributed by atoms with E-state index >= 15 is 0 Å². The molecule has 6 nitrogen and oxygen atoms in total. The molecule has 1 aromatic carbocycles. The van der Waals surface area contributed by atoms with Crippen LogP contribution in [0.4, 0.5) is 0 Å². The first kappa shape index (κ1) is 22.5. The fraction of sp³-hybridized carbons (Fsp3) is 0.462. The number of aromatic nitrogens is 1. The molecule has 3 heterocycles. The highest BCUT2D eigenvalue weighted by molar-refractivity contribution is 5.94. The van der Waals surface area contributed by atoms with Gasteiger partial charge >= 0.3 is 0 Å². The van der Waals surface area contributed by atoms with Gasteiger partial charge in [-0.05, 0) is 63.1 Å². The van der Waals surface area contributed by atoms with Crippen molar-refractivity contribution in [3.8, 4) is 11.8 Å². The molecule has 0 saturated carbocycles. The van der Waals surface area contributed by atoms with E-state index in [2.05, 4.69) is 33.9 Å². The molecule has 0 radical (unpaired) electrons. The molecule has 2 saturated heterocycles. The van der Waals surface area contributed by atoms with E-state index in [-0.39, 0.29) is 30.5 Å². The minimum absolute atomic E-state index is 0.0395. The van der Waals surface area contributed by atoms with Gasteiger partial charge < -0.3 is 15.1 Å². The summed E-state index contributed by atoms with van der Waals surface area (Å²) >= 11 is 0. The summed E-state index contributed by atoms with van der Waals surface area (Å²) in [6.45, 7) is 5.75. The molecule has 0 unspecified atom stereocenters. The molecule has 0 spiro atoms. The molecule has 6 heteroatoms. The van der Waals surface area contributed by atoms with E-state index < -0.39 is 5.60 Å². The number of benzene rings is 1. The second-order valence-electron chi connectivity index (χ2n) is 9.21. The zero-order valence-electron chi connectivity index (χ0n) is 18.7. The van der Waals surface area contributed by atoms with Gasteiger partial charge in [-0.2, -0.15) is 0 Å². The lowest BCUT2D eigenvalue weighted by Crippen LogP contribution is -2.67.